The Labute approximate surface area is 184 Å². The number of amides is 1. The van der Waals surface area contributed by atoms with Crippen molar-refractivity contribution in [3.63, 3.8) is 0 Å². The molecule has 0 aliphatic carbocycles. The van der Waals surface area contributed by atoms with Crippen LogP contribution in [0.1, 0.15) is 44.2 Å². The summed E-state index contributed by atoms with van der Waals surface area (Å²) in [7, 11) is 0. The predicted molar refractivity (Wildman–Crippen MR) is 128 cm³/mol. The molecule has 2 N–H and O–H groups in total. The number of aryl methyl sites for hydroxylation is 2. The molecule has 6 heteroatoms. The Kier molecular flexibility index (Phi) is 7.69. The molecule has 0 radical (unpaired) electrons. The first-order valence-corrected chi connectivity index (χ1v) is 11.0. The zero-order valence-corrected chi connectivity index (χ0v) is 18.8. The van der Waals surface area contributed by atoms with Crippen LogP contribution < -0.4 is 20.3 Å². The highest BCUT2D eigenvalue weighted by atomic mass is 32.1. The van der Waals surface area contributed by atoms with Gasteiger partial charge in [-0.2, -0.15) is 0 Å². The Morgan fingerprint density at radius 2 is 1.97 bits per heavy atom. The van der Waals surface area contributed by atoms with Gasteiger partial charge in [0.1, 0.15) is 5.75 Å². The average Bonchev–Trinajstić information content (AvgIpc) is 3.12. The highest BCUT2D eigenvalue weighted by Crippen LogP contribution is 2.27. The minimum Gasteiger partial charge on any atom is -0.491 e. The van der Waals surface area contributed by atoms with Crippen LogP contribution >= 0.6 is 12.2 Å². The fourth-order valence-corrected chi connectivity index (χ4v) is 3.84. The van der Waals surface area contributed by atoms with Crippen molar-refractivity contribution in [1.82, 2.24) is 5.32 Å². The second kappa shape index (κ2) is 10.4. The van der Waals surface area contributed by atoms with E-state index in [0.717, 1.165) is 55.0 Å². The topological polar surface area (TPSA) is 53.6 Å². The maximum absolute atomic E-state index is 12.0. The molecular weight excluding hydrogens is 394 g/mol. The Hall–Kier alpha value is -2.60. The minimum absolute atomic E-state index is 0.191. The van der Waals surface area contributed by atoms with Crippen molar-refractivity contribution in [2.75, 3.05) is 23.3 Å². The van der Waals surface area contributed by atoms with Gasteiger partial charge in [0.15, 0.2) is 5.11 Å². The van der Waals surface area contributed by atoms with Crippen LogP contribution in [0.5, 0.6) is 5.75 Å². The van der Waals surface area contributed by atoms with Crippen LogP contribution in [0.3, 0.4) is 0 Å². The van der Waals surface area contributed by atoms with Crippen molar-refractivity contribution in [1.29, 1.82) is 0 Å². The third-order valence-corrected chi connectivity index (χ3v) is 5.29. The Bertz CT molecular complexity index is 881. The zero-order chi connectivity index (χ0) is 21.5. The van der Waals surface area contributed by atoms with Crippen molar-refractivity contribution in [2.24, 2.45) is 0 Å². The SMILES string of the molecule is Cc1cc(NC(=S)NCCCc2ccc(OC(C)C)cc2)ccc1N1CCCC1=O. The van der Waals surface area contributed by atoms with Crippen LogP contribution in [0.15, 0.2) is 42.5 Å². The fourth-order valence-electron chi connectivity index (χ4n) is 3.62. The molecule has 1 aliphatic rings. The van der Waals surface area contributed by atoms with Gasteiger partial charge in [0, 0.05) is 30.9 Å². The molecule has 0 aromatic heterocycles. The first-order valence-electron chi connectivity index (χ1n) is 10.6. The lowest BCUT2D eigenvalue weighted by Crippen LogP contribution is -2.29. The van der Waals surface area contributed by atoms with Crippen molar-refractivity contribution in [3.8, 4) is 5.75 Å². The van der Waals surface area contributed by atoms with Crippen LogP contribution in [0.25, 0.3) is 0 Å². The van der Waals surface area contributed by atoms with Gasteiger partial charge >= 0.3 is 0 Å². The molecule has 2 aromatic carbocycles. The van der Waals surface area contributed by atoms with Crippen LogP contribution in [0, 0.1) is 6.92 Å². The lowest BCUT2D eigenvalue weighted by molar-refractivity contribution is -0.117. The summed E-state index contributed by atoms with van der Waals surface area (Å²) in [5, 5.41) is 7.11. The van der Waals surface area contributed by atoms with Gasteiger partial charge in [-0.05, 0) is 93.7 Å². The number of hydrogen-bond donors (Lipinski definition) is 2. The number of carbonyl (C=O) groups excluding carboxylic acids is 1. The molecule has 1 aliphatic heterocycles. The number of nitrogens with one attached hydrogen (secondary N) is 2. The molecule has 3 rings (SSSR count). The van der Waals surface area contributed by atoms with E-state index in [0.29, 0.717) is 11.5 Å². The van der Waals surface area contributed by atoms with Gasteiger partial charge in [-0.15, -0.1) is 0 Å². The number of thiocarbonyl (C=S) groups is 1. The summed E-state index contributed by atoms with van der Waals surface area (Å²) < 4.78 is 5.68. The van der Waals surface area contributed by atoms with Gasteiger partial charge in [0.25, 0.3) is 0 Å². The van der Waals surface area contributed by atoms with Crippen molar-refractivity contribution < 1.29 is 9.53 Å². The number of nitrogens with zero attached hydrogens (tertiary/aromatic N) is 1. The molecule has 1 saturated heterocycles. The summed E-state index contributed by atoms with van der Waals surface area (Å²) in [6.45, 7) is 7.69. The van der Waals surface area contributed by atoms with Crippen LogP contribution in [-0.2, 0) is 11.2 Å². The molecule has 30 heavy (non-hydrogen) atoms. The predicted octanol–water partition coefficient (Wildman–Crippen LogP) is 4.83. The first kappa shape index (κ1) is 22.1. The lowest BCUT2D eigenvalue weighted by atomic mass is 10.1. The van der Waals surface area contributed by atoms with Crippen LogP contribution in [-0.4, -0.2) is 30.2 Å². The summed E-state index contributed by atoms with van der Waals surface area (Å²) in [6.07, 6.45) is 3.73. The second-order valence-electron chi connectivity index (χ2n) is 7.95. The molecule has 0 bridgehead atoms. The summed E-state index contributed by atoms with van der Waals surface area (Å²) in [6, 6.07) is 14.3. The quantitative estimate of drug-likeness (QED) is 0.469. The molecule has 0 saturated carbocycles. The highest BCUT2D eigenvalue weighted by molar-refractivity contribution is 7.80. The van der Waals surface area contributed by atoms with E-state index in [1.165, 1.54) is 5.56 Å². The molecule has 5 nitrogen and oxygen atoms in total. The highest BCUT2D eigenvalue weighted by Gasteiger charge is 2.22. The van der Waals surface area contributed by atoms with Crippen molar-refractivity contribution >= 4 is 34.6 Å². The average molecular weight is 426 g/mol. The van der Waals surface area contributed by atoms with E-state index in [1.54, 1.807) is 0 Å². The molecule has 1 fully saturated rings. The van der Waals surface area contributed by atoms with E-state index in [9.17, 15) is 4.79 Å². The molecule has 160 valence electrons. The molecule has 0 spiro atoms. The molecular formula is C24H31N3O2S. The van der Waals surface area contributed by atoms with Gasteiger partial charge < -0.3 is 20.3 Å². The summed E-state index contributed by atoms with van der Waals surface area (Å²) >= 11 is 5.42. The van der Waals surface area contributed by atoms with Crippen LogP contribution in [0.2, 0.25) is 0 Å². The number of rotatable bonds is 8. The van der Waals surface area contributed by atoms with Crippen molar-refractivity contribution in [3.05, 3.63) is 53.6 Å². The fraction of sp³-hybridized carbons (Fsp3) is 0.417. The van der Waals surface area contributed by atoms with E-state index < -0.39 is 0 Å². The number of hydrogen-bond acceptors (Lipinski definition) is 3. The zero-order valence-electron chi connectivity index (χ0n) is 18.0. The van der Waals surface area contributed by atoms with Gasteiger partial charge in [0.2, 0.25) is 5.91 Å². The largest absolute Gasteiger partial charge is 0.491 e. The first-order chi connectivity index (χ1) is 14.4. The second-order valence-corrected chi connectivity index (χ2v) is 8.35. The summed E-state index contributed by atoms with van der Waals surface area (Å²) in [4.78, 5) is 13.8. The molecule has 1 amide bonds. The van der Waals surface area contributed by atoms with E-state index in [-0.39, 0.29) is 12.0 Å². The van der Waals surface area contributed by atoms with Gasteiger partial charge in [-0.25, -0.2) is 0 Å². The molecule has 1 heterocycles. The normalized spacial score (nSPS) is 13.6. The van der Waals surface area contributed by atoms with E-state index in [4.69, 9.17) is 17.0 Å². The summed E-state index contributed by atoms with van der Waals surface area (Å²) in [5.41, 5.74) is 4.28. The Balaban J connectivity index is 1.41. The minimum atomic E-state index is 0.191. The maximum Gasteiger partial charge on any atom is 0.227 e. The van der Waals surface area contributed by atoms with Gasteiger partial charge in [-0.3, -0.25) is 4.79 Å². The monoisotopic (exact) mass is 425 g/mol. The van der Waals surface area contributed by atoms with Crippen LogP contribution in [0.4, 0.5) is 11.4 Å². The molecule has 0 atom stereocenters. The van der Waals surface area contributed by atoms with Crippen molar-refractivity contribution in [2.45, 2.75) is 52.6 Å². The smallest absolute Gasteiger partial charge is 0.227 e. The van der Waals surface area contributed by atoms with E-state index in [2.05, 4.69) is 22.8 Å². The van der Waals surface area contributed by atoms with E-state index >= 15 is 0 Å². The Morgan fingerprint density at radius 3 is 2.60 bits per heavy atom. The standard InChI is InChI=1S/C24H31N3O2S/c1-17(2)29-21-11-8-19(9-12-21)6-4-14-25-24(30)26-20-10-13-22(18(3)16-20)27-15-5-7-23(27)28/h8-13,16-17H,4-7,14-15H2,1-3H3,(H2,25,26,30). The third kappa shape index (κ3) is 6.20. The number of ether oxygens (including phenoxy) is 1. The number of anilines is 2. The third-order valence-electron chi connectivity index (χ3n) is 5.04. The summed E-state index contributed by atoms with van der Waals surface area (Å²) in [5.74, 6) is 1.12. The Morgan fingerprint density at radius 1 is 1.20 bits per heavy atom. The number of benzene rings is 2. The van der Waals surface area contributed by atoms with Gasteiger partial charge in [-0.1, -0.05) is 12.1 Å². The van der Waals surface area contributed by atoms with E-state index in [1.807, 2.05) is 56.0 Å². The number of carbonyl (C=O) groups is 1. The van der Waals surface area contributed by atoms with Gasteiger partial charge in [0.05, 0.1) is 6.10 Å². The molecule has 0 unspecified atom stereocenters. The maximum atomic E-state index is 12.0. The lowest BCUT2D eigenvalue weighted by Gasteiger charge is -2.19. The molecule has 2 aromatic rings.